The van der Waals surface area contributed by atoms with Crippen molar-refractivity contribution in [1.82, 2.24) is 15.5 Å². The van der Waals surface area contributed by atoms with Crippen LogP contribution in [0.5, 0.6) is 0 Å². The van der Waals surface area contributed by atoms with E-state index in [1.807, 2.05) is 0 Å². The summed E-state index contributed by atoms with van der Waals surface area (Å²) < 4.78 is 0. The lowest BCUT2D eigenvalue weighted by Gasteiger charge is -2.28. The second kappa shape index (κ2) is 12.7. The van der Waals surface area contributed by atoms with Gasteiger partial charge in [0, 0.05) is 13.0 Å². The van der Waals surface area contributed by atoms with Gasteiger partial charge in [-0.25, -0.2) is 4.79 Å². The summed E-state index contributed by atoms with van der Waals surface area (Å²) in [5.41, 5.74) is 11.0. The molecule has 0 radical (unpaired) electrons. The van der Waals surface area contributed by atoms with Crippen molar-refractivity contribution in [1.29, 1.82) is 0 Å². The fraction of sp³-hybridized carbons (Fsp3) is 0.700. The second-order valence-electron chi connectivity index (χ2n) is 8.49. The largest absolute Gasteiger partial charge is 0.481 e. The molecular formula is C20H33N5O8. The number of primary amides is 1. The Morgan fingerprint density at radius 1 is 1.06 bits per heavy atom. The number of aliphatic carboxylic acids is 2. The van der Waals surface area contributed by atoms with Crippen molar-refractivity contribution in [3.63, 3.8) is 0 Å². The van der Waals surface area contributed by atoms with E-state index >= 15 is 0 Å². The number of carboxylic acid groups (broad SMARTS) is 2. The van der Waals surface area contributed by atoms with E-state index < -0.39 is 66.2 Å². The minimum absolute atomic E-state index is 0.0426. The number of hydrogen-bond acceptors (Lipinski definition) is 7. The topological polar surface area (TPSA) is 222 Å². The van der Waals surface area contributed by atoms with Gasteiger partial charge in [0.2, 0.25) is 23.6 Å². The summed E-state index contributed by atoms with van der Waals surface area (Å²) in [4.78, 5) is 72.9. The molecule has 33 heavy (non-hydrogen) atoms. The Kier molecular flexibility index (Phi) is 10.7. The summed E-state index contributed by atoms with van der Waals surface area (Å²) in [6.07, 6.45) is -0.0730. The molecule has 13 heteroatoms. The van der Waals surface area contributed by atoms with Crippen molar-refractivity contribution in [3.05, 3.63) is 0 Å². The molecule has 4 atom stereocenters. The van der Waals surface area contributed by atoms with E-state index in [2.05, 4.69) is 10.6 Å². The molecule has 0 aromatic rings. The summed E-state index contributed by atoms with van der Waals surface area (Å²) in [7, 11) is 0. The normalized spacial score (nSPS) is 18.3. The van der Waals surface area contributed by atoms with E-state index in [0.717, 1.165) is 0 Å². The van der Waals surface area contributed by atoms with Crippen LogP contribution >= 0.6 is 0 Å². The van der Waals surface area contributed by atoms with E-state index in [9.17, 15) is 33.9 Å². The average molecular weight is 472 g/mol. The highest BCUT2D eigenvalue weighted by Gasteiger charge is 2.38. The van der Waals surface area contributed by atoms with E-state index in [1.54, 1.807) is 13.8 Å². The number of rotatable bonds is 13. The maximum Gasteiger partial charge on any atom is 0.326 e. The summed E-state index contributed by atoms with van der Waals surface area (Å²) in [6, 6.07) is -4.72. The van der Waals surface area contributed by atoms with Crippen LogP contribution in [-0.2, 0) is 28.8 Å². The van der Waals surface area contributed by atoms with E-state index in [1.165, 1.54) is 4.90 Å². The zero-order valence-corrected chi connectivity index (χ0v) is 18.8. The van der Waals surface area contributed by atoms with E-state index in [0.29, 0.717) is 6.42 Å². The van der Waals surface area contributed by atoms with Gasteiger partial charge in [0.25, 0.3) is 0 Å². The van der Waals surface area contributed by atoms with Gasteiger partial charge < -0.3 is 37.2 Å². The van der Waals surface area contributed by atoms with Gasteiger partial charge in [-0.3, -0.25) is 24.0 Å². The van der Waals surface area contributed by atoms with Gasteiger partial charge in [-0.05, 0) is 31.6 Å². The number of hydrogen-bond donors (Lipinski definition) is 6. The number of carboxylic acids is 2. The third-order valence-electron chi connectivity index (χ3n) is 5.18. The molecule has 1 aliphatic rings. The van der Waals surface area contributed by atoms with Crippen LogP contribution in [0.1, 0.15) is 52.4 Å². The summed E-state index contributed by atoms with van der Waals surface area (Å²) in [6.45, 7) is 3.77. The van der Waals surface area contributed by atoms with Gasteiger partial charge in [-0.2, -0.15) is 0 Å². The molecule has 0 bridgehead atoms. The Balaban J connectivity index is 2.90. The van der Waals surface area contributed by atoms with Gasteiger partial charge in [-0.1, -0.05) is 13.8 Å². The Hall–Kier alpha value is -3.22. The predicted molar refractivity (Wildman–Crippen MR) is 114 cm³/mol. The van der Waals surface area contributed by atoms with Crippen LogP contribution in [0.25, 0.3) is 0 Å². The number of carbonyl (C=O) groups is 6. The van der Waals surface area contributed by atoms with Crippen LogP contribution in [0.4, 0.5) is 0 Å². The lowest BCUT2D eigenvalue weighted by atomic mass is 10.0. The predicted octanol–water partition coefficient (Wildman–Crippen LogP) is -1.85. The maximum absolute atomic E-state index is 12.9. The molecule has 1 aliphatic heterocycles. The summed E-state index contributed by atoms with van der Waals surface area (Å²) in [5.74, 6) is -5.49. The van der Waals surface area contributed by atoms with Crippen molar-refractivity contribution < 1.29 is 39.0 Å². The van der Waals surface area contributed by atoms with Gasteiger partial charge in [0.15, 0.2) is 0 Å². The SMILES string of the molecule is CC(C)CC(NC(=O)C(CC(N)=O)NC(=O)C1CCCN1C(=O)C(N)CCC(=O)O)C(=O)O. The molecule has 13 nitrogen and oxygen atoms in total. The van der Waals surface area contributed by atoms with E-state index in [-0.39, 0.29) is 38.1 Å². The number of nitrogens with two attached hydrogens (primary N) is 2. The van der Waals surface area contributed by atoms with Crippen LogP contribution in [0.15, 0.2) is 0 Å². The Morgan fingerprint density at radius 2 is 1.70 bits per heavy atom. The highest BCUT2D eigenvalue weighted by atomic mass is 16.4. The Labute approximate surface area is 191 Å². The first-order valence-electron chi connectivity index (χ1n) is 10.7. The molecule has 4 amide bonds. The smallest absolute Gasteiger partial charge is 0.326 e. The highest BCUT2D eigenvalue weighted by Crippen LogP contribution is 2.19. The first kappa shape index (κ1) is 27.8. The first-order chi connectivity index (χ1) is 15.3. The molecule has 1 heterocycles. The Morgan fingerprint density at radius 3 is 2.21 bits per heavy atom. The Bertz CT molecular complexity index is 772. The zero-order chi connectivity index (χ0) is 25.3. The van der Waals surface area contributed by atoms with Crippen molar-refractivity contribution in [2.24, 2.45) is 17.4 Å². The van der Waals surface area contributed by atoms with Crippen LogP contribution in [0.3, 0.4) is 0 Å². The van der Waals surface area contributed by atoms with Crippen molar-refractivity contribution in [2.45, 2.75) is 76.5 Å². The van der Waals surface area contributed by atoms with Crippen LogP contribution in [0, 0.1) is 5.92 Å². The van der Waals surface area contributed by atoms with E-state index in [4.69, 9.17) is 16.6 Å². The minimum atomic E-state index is -1.43. The second-order valence-corrected chi connectivity index (χ2v) is 8.49. The molecule has 0 spiro atoms. The van der Waals surface area contributed by atoms with Crippen molar-refractivity contribution in [2.75, 3.05) is 6.54 Å². The zero-order valence-electron chi connectivity index (χ0n) is 18.8. The van der Waals surface area contributed by atoms with Crippen molar-refractivity contribution >= 4 is 35.6 Å². The van der Waals surface area contributed by atoms with Gasteiger partial charge in [0.1, 0.15) is 18.1 Å². The molecule has 1 saturated heterocycles. The number of likely N-dealkylation sites (tertiary alicyclic amines) is 1. The van der Waals surface area contributed by atoms with Gasteiger partial charge >= 0.3 is 11.9 Å². The molecule has 0 aromatic heterocycles. The fourth-order valence-electron chi connectivity index (χ4n) is 3.56. The molecule has 4 unspecified atom stereocenters. The van der Waals surface area contributed by atoms with Crippen molar-refractivity contribution in [3.8, 4) is 0 Å². The number of carbonyl (C=O) groups excluding carboxylic acids is 4. The molecule has 8 N–H and O–H groups in total. The fourth-order valence-corrected chi connectivity index (χ4v) is 3.56. The first-order valence-corrected chi connectivity index (χ1v) is 10.7. The maximum atomic E-state index is 12.9. The molecule has 186 valence electrons. The lowest BCUT2D eigenvalue weighted by Crippen LogP contribution is -2.57. The number of nitrogens with zero attached hydrogens (tertiary/aromatic N) is 1. The molecule has 0 saturated carbocycles. The lowest BCUT2D eigenvalue weighted by molar-refractivity contribution is -0.144. The van der Waals surface area contributed by atoms with Crippen LogP contribution in [-0.4, -0.2) is 81.4 Å². The summed E-state index contributed by atoms with van der Waals surface area (Å²) >= 11 is 0. The third-order valence-corrected chi connectivity index (χ3v) is 5.18. The molecule has 0 aliphatic carbocycles. The average Bonchev–Trinajstić information content (AvgIpc) is 3.19. The van der Waals surface area contributed by atoms with Gasteiger partial charge in [0.05, 0.1) is 12.5 Å². The van der Waals surface area contributed by atoms with Gasteiger partial charge in [-0.15, -0.1) is 0 Å². The molecule has 1 rings (SSSR count). The minimum Gasteiger partial charge on any atom is -0.481 e. The van der Waals surface area contributed by atoms with Crippen LogP contribution < -0.4 is 22.1 Å². The highest BCUT2D eigenvalue weighted by molar-refractivity contribution is 5.96. The monoisotopic (exact) mass is 471 g/mol. The molecular weight excluding hydrogens is 438 g/mol. The van der Waals surface area contributed by atoms with Crippen LogP contribution in [0.2, 0.25) is 0 Å². The summed E-state index contributed by atoms with van der Waals surface area (Å²) in [5, 5.41) is 22.8. The third kappa shape index (κ3) is 9.04. The molecule has 1 fully saturated rings. The number of amides is 4. The standard InChI is InChI=1S/C20H33N5O8/c1-10(2)8-13(20(32)33)24-17(29)12(9-15(22)26)23-18(30)14-4-3-7-25(14)19(31)11(21)5-6-16(27)28/h10-14H,3-9,21H2,1-2H3,(H2,22,26)(H,23,30)(H,24,29)(H,27,28)(H,32,33). The molecule has 0 aromatic carbocycles. The quantitative estimate of drug-likeness (QED) is 0.177. The number of nitrogens with one attached hydrogen (secondary N) is 2.